The van der Waals surface area contributed by atoms with E-state index in [1.807, 2.05) is 0 Å². The van der Waals surface area contributed by atoms with E-state index in [-0.39, 0.29) is 17.7 Å². The molecule has 0 aromatic heterocycles. The molecule has 0 aliphatic heterocycles. The molecule has 1 unspecified atom stereocenters. The van der Waals surface area contributed by atoms with Gasteiger partial charge < -0.3 is 10.1 Å². The van der Waals surface area contributed by atoms with Crippen LogP contribution in [0, 0.1) is 11.2 Å². The molecule has 4 heteroatoms. The molecule has 0 saturated heterocycles. The lowest BCUT2D eigenvalue weighted by Gasteiger charge is -2.17. The molecule has 114 valence electrons. The Hall–Kier alpha value is -1.84. The van der Waals surface area contributed by atoms with Gasteiger partial charge in [-0.05, 0) is 48.4 Å². The van der Waals surface area contributed by atoms with E-state index < -0.39 is 5.82 Å². The minimum absolute atomic E-state index is 0.131. The normalized spacial score (nSPS) is 20.7. The first-order chi connectivity index (χ1) is 9.89. The van der Waals surface area contributed by atoms with E-state index in [4.69, 9.17) is 4.74 Å². The minimum atomic E-state index is -0.433. The lowest BCUT2D eigenvalue weighted by atomic mass is 9.92. The number of nitrogens with one attached hydrogen (secondary N) is 1. The van der Waals surface area contributed by atoms with Gasteiger partial charge in [-0.3, -0.25) is 4.79 Å². The van der Waals surface area contributed by atoms with E-state index in [1.54, 1.807) is 18.2 Å². The number of hydrogen-bond acceptors (Lipinski definition) is 2. The van der Waals surface area contributed by atoms with Crippen LogP contribution >= 0.6 is 0 Å². The fourth-order valence-corrected chi connectivity index (χ4v) is 2.77. The SMILES string of the molecule is COc1ccc(/C=C/C(=O)NC2CCC(C)(C)C2)cc1F. The number of carbonyl (C=O) groups is 1. The Labute approximate surface area is 125 Å². The van der Waals surface area contributed by atoms with Gasteiger partial charge in [-0.1, -0.05) is 19.9 Å². The van der Waals surface area contributed by atoms with Crippen LogP contribution in [-0.4, -0.2) is 19.1 Å². The summed E-state index contributed by atoms with van der Waals surface area (Å²) in [4.78, 5) is 11.9. The quantitative estimate of drug-likeness (QED) is 0.862. The lowest BCUT2D eigenvalue weighted by Crippen LogP contribution is -2.32. The first-order valence-corrected chi connectivity index (χ1v) is 7.22. The van der Waals surface area contributed by atoms with Gasteiger partial charge in [0, 0.05) is 12.1 Å². The highest BCUT2D eigenvalue weighted by Crippen LogP contribution is 2.36. The Morgan fingerprint density at radius 3 is 2.81 bits per heavy atom. The number of methoxy groups -OCH3 is 1. The zero-order valence-corrected chi connectivity index (χ0v) is 12.8. The van der Waals surface area contributed by atoms with Gasteiger partial charge in [0.25, 0.3) is 0 Å². The highest BCUT2D eigenvalue weighted by Gasteiger charge is 2.31. The summed E-state index contributed by atoms with van der Waals surface area (Å²) in [6, 6.07) is 4.85. The van der Waals surface area contributed by atoms with Crippen LogP contribution in [0.3, 0.4) is 0 Å². The zero-order valence-electron chi connectivity index (χ0n) is 12.8. The molecule has 0 bridgehead atoms. The summed E-state index contributed by atoms with van der Waals surface area (Å²) in [5.74, 6) is -0.365. The molecular formula is C17H22FNO2. The van der Waals surface area contributed by atoms with Gasteiger partial charge in [0.05, 0.1) is 7.11 Å². The van der Waals surface area contributed by atoms with Gasteiger partial charge in [-0.2, -0.15) is 0 Å². The van der Waals surface area contributed by atoms with Gasteiger partial charge in [-0.25, -0.2) is 4.39 Å². The van der Waals surface area contributed by atoms with Gasteiger partial charge >= 0.3 is 0 Å². The minimum Gasteiger partial charge on any atom is -0.494 e. The van der Waals surface area contributed by atoms with Crippen LogP contribution in [0.1, 0.15) is 38.7 Å². The summed E-state index contributed by atoms with van der Waals surface area (Å²) in [6.45, 7) is 4.43. The second-order valence-electron chi connectivity index (χ2n) is 6.34. The van der Waals surface area contributed by atoms with Crippen molar-refractivity contribution >= 4 is 12.0 Å². The highest BCUT2D eigenvalue weighted by atomic mass is 19.1. The fourth-order valence-electron chi connectivity index (χ4n) is 2.77. The molecule has 21 heavy (non-hydrogen) atoms. The van der Waals surface area contributed by atoms with E-state index in [0.29, 0.717) is 11.0 Å². The second kappa shape index (κ2) is 6.29. The van der Waals surface area contributed by atoms with Crippen LogP contribution in [0.2, 0.25) is 0 Å². The molecule has 0 heterocycles. The van der Waals surface area contributed by atoms with Gasteiger partial charge in [0.1, 0.15) is 0 Å². The number of ether oxygens (including phenoxy) is 1. The third kappa shape index (κ3) is 4.31. The monoisotopic (exact) mass is 291 g/mol. The summed E-state index contributed by atoms with van der Waals surface area (Å²) in [5.41, 5.74) is 0.941. The van der Waals surface area contributed by atoms with Crippen LogP contribution in [0.5, 0.6) is 5.75 Å². The van der Waals surface area contributed by atoms with Crippen molar-refractivity contribution < 1.29 is 13.9 Å². The number of halogens is 1. The molecule has 1 aliphatic carbocycles. The fraction of sp³-hybridized carbons (Fsp3) is 0.471. The molecule has 1 N–H and O–H groups in total. The van der Waals surface area contributed by atoms with Crippen molar-refractivity contribution in [2.45, 2.75) is 39.2 Å². The molecule has 1 aromatic carbocycles. The standard InChI is InChI=1S/C17H22FNO2/c1-17(2)9-8-13(11-17)19-16(20)7-5-12-4-6-15(21-3)14(18)10-12/h4-7,10,13H,8-9,11H2,1-3H3,(H,19,20)/b7-5+. The average molecular weight is 291 g/mol. The summed E-state index contributed by atoms with van der Waals surface area (Å²) < 4.78 is 18.4. The van der Waals surface area contributed by atoms with E-state index in [2.05, 4.69) is 19.2 Å². The molecule has 1 aliphatic rings. The number of carbonyl (C=O) groups excluding carboxylic acids is 1. The maximum absolute atomic E-state index is 13.5. The van der Waals surface area contributed by atoms with Crippen molar-refractivity contribution in [3.05, 3.63) is 35.7 Å². The second-order valence-corrected chi connectivity index (χ2v) is 6.34. The van der Waals surface area contributed by atoms with Gasteiger partial charge in [0.2, 0.25) is 5.91 Å². The summed E-state index contributed by atoms with van der Waals surface area (Å²) in [5, 5.41) is 3.00. The Bertz CT molecular complexity index is 552. The van der Waals surface area contributed by atoms with Crippen molar-refractivity contribution in [3.8, 4) is 5.75 Å². The predicted molar refractivity (Wildman–Crippen MR) is 81.5 cm³/mol. The first kappa shape index (κ1) is 15.5. The number of hydrogen-bond donors (Lipinski definition) is 1. The first-order valence-electron chi connectivity index (χ1n) is 7.22. The molecular weight excluding hydrogens is 269 g/mol. The largest absolute Gasteiger partial charge is 0.494 e. The van der Waals surface area contributed by atoms with Crippen LogP contribution in [0.25, 0.3) is 6.08 Å². The maximum atomic E-state index is 13.5. The van der Waals surface area contributed by atoms with E-state index in [0.717, 1.165) is 19.3 Å². The molecule has 1 amide bonds. The molecule has 1 aromatic rings. The third-order valence-electron chi connectivity index (χ3n) is 3.92. The molecule has 1 saturated carbocycles. The van der Waals surface area contributed by atoms with Crippen molar-refractivity contribution in [1.29, 1.82) is 0 Å². The van der Waals surface area contributed by atoms with Crippen molar-refractivity contribution in [1.82, 2.24) is 5.32 Å². The molecule has 1 atom stereocenters. The molecule has 0 spiro atoms. The van der Waals surface area contributed by atoms with Gasteiger partial charge in [0.15, 0.2) is 11.6 Å². The van der Waals surface area contributed by atoms with Gasteiger partial charge in [-0.15, -0.1) is 0 Å². The van der Waals surface area contributed by atoms with Crippen LogP contribution in [0.4, 0.5) is 4.39 Å². The van der Waals surface area contributed by atoms with Crippen LogP contribution in [-0.2, 0) is 4.79 Å². The number of rotatable bonds is 4. The van der Waals surface area contributed by atoms with Crippen LogP contribution < -0.4 is 10.1 Å². The van der Waals surface area contributed by atoms with E-state index >= 15 is 0 Å². The summed E-state index contributed by atoms with van der Waals surface area (Å²) in [6.07, 6.45) is 6.21. The Kier molecular flexibility index (Phi) is 4.66. The third-order valence-corrected chi connectivity index (χ3v) is 3.92. The molecule has 3 nitrogen and oxygen atoms in total. The zero-order chi connectivity index (χ0) is 15.5. The van der Waals surface area contributed by atoms with Crippen molar-refractivity contribution in [3.63, 3.8) is 0 Å². The van der Waals surface area contributed by atoms with E-state index in [1.165, 1.54) is 19.3 Å². The van der Waals surface area contributed by atoms with Crippen molar-refractivity contribution in [2.24, 2.45) is 5.41 Å². The molecule has 2 rings (SSSR count). The van der Waals surface area contributed by atoms with Crippen LogP contribution in [0.15, 0.2) is 24.3 Å². The Morgan fingerprint density at radius 2 is 2.24 bits per heavy atom. The number of amides is 1. The lowest BCUT2D eigenvalue weighted by molar-refractivity contribution is -0.117. The topological polar surface area (TPSA) is 38.3 Å². The highest BCUT2D eigenvalue weighted by molar-refractivity contribution is 5.91. The Balaban J connectivity index is 1.92. The molecule has 1 fully saturated rings. The predicted octanol–water partition coefficient (Wildman–Crippen LogP) is 3.54. The smallest absolute Gasteiger partial charge is 0.244 e. The maximum Gasteiger partial charge on any atom is 0.244 e. The molecule has 0 radical (unpaired) electrons. The summed E-state index contributed by atoms with van der Waals surface area (Å²) >= 11 is 0. The van der Waals surface area contributed by atoms with E-state index in [9.17, 15) is 9.18 Å². The van der Waals surface area contributed by atoms with Crippen molar-refractivity contribution in [2.75, 3.05) is 7.11 Å². The summed E-state index contributed by atoms with van der Waals surface area (Å²) in [7, 11) is 1.42. The number of benzene rings is 1. The average Bonchev–Trinajstić information content (AvgIpc) is 2.75. The Morgan fingerprint density at radius 1 is 1.48 bits per heavy atom.